The van der Waals surface area contributed by atoms with Crippen molar-refractivity contribution in [2.75, 3.05) is 12.4 Å². The van der Waals surface area contributed by atoms with Gasteiger partial charge in [-0.05, 0) is 18.2 Å². The molecule has 0 bridgehead atoms. The predicted molar refractivity (Wildman–Crippen MR) is 104 cm³/mol. The molecule has 154 valence electrons. The maximum Gasteiger partial charge on any atom is 0.435 e. The molecule has 1 amide bonds. The summed E-state index contributed by atoms with van der Waals surface area (Å²) in [7, 11) is 1.50. The molecule has 4 aromatic rings. The van der Waals surface area contributed by atoms with Gasteiger partial charge < -0.3 is 10.6 Å². The van der Waals surface area contributed by atoms with Gasteiger partial charge in [0.05, 0.1) is 28.0 Å². The minimum absolute atomic E-state index is 0.134. The Morgan fingerprint density at radius 1 is 1.27 bits per heavy atom. The fraction of sp³-hybridized carbons (Fsp3) is 0.111. The average molecular weight is 436 g/mol. The zero-order valence-electron chi connectivity index (χ0n) is 15.3. The monoisotopic (exact) mass is 435 g/mol. The number of aromatic amines is 1. The van der Waals surface area contributed by atoms with Gasteiger partial charge in [0, 0.05) is 31.3 Å². The molecule has 3 heterocycles. The van der Waals surface area contributed by atoms with Crippen LogP contribution in [0.5, 0.6) is 0 Å². The van der Waals surface area contributed by atoms with Crippen molar-refractivity contribution in [2.45, 2.75) is 6.18 Å². The summed E-state index contributed by atoms with van der Waals surface area (Å²) in [5.41, 5.74) is 0.158. The summed E-state index contributed by atoms with van der Waals surface area (Å²) < 4.78 is 41.1. The number of imidazole rings is 1. The third-order valence-corrected chi connectivity index (χ3v) is 4.63. The summed E-state index contributed by atoms with van der Waals surface area (Å²) in [6, 6.07) is 4.71. The number of rotatable bonds is 4. The van der Waals surface area contributed by atoms with E-state index < -0.39 is 11.9 Å². The summed E-state index contributed by atoms with van der Waals surface area (Å²) in [4.78, 5) is 20.2. The Kier molecular flexibility index (Phi) is 4.82. The SMILES string of the molecule is CNC(=O)c1ccc(Nc2nccn3c(-c4c[nH]nc4C(F)(F)F)cnc23)cc1Cl. The van der Waals surface area contributed by atoms with Crippen LogP contribution in [0.2, 0.25) is 5.02 Å². The van der Waals surface area contributed by atoms with Gasteiger partial charge >= 0.3 is 6.18 Å². The Morgan fingerprint density at radius 3 is 2.77 bits per heavy atom. The van der Waals surface area contributed by atoms with Gasteiger partial charge in [0.25, 0.3) is 5.91 Å². The number of benzene rings is 1. The zero-order chi connectivity index (χ0) is 21.5. The van der Waals surface area contributed by atoms with Crippen molar-refractivity contribution in [3.05, 3.63) is 59.3 Å². The van der Waals surface area contributed by atoms with Crippen molar-refractivity contribution in [1.29, 1.82) is 0 Å². The third-order valence-electron chi connectivity index (χ3n) is 4.32. The fourth-order valence-corrected chi connectivity index (χ4v) is 3.22. The molecule has 0 aliphatic heterocycles. The second kappa shape index (κ2) is 7.34. The largest absolute Gasteiger partial charge is 0.435 e. The maximum atomic E-state index is 13.2. The highest BCUT2D eigenvalue weighted by atomic mass is 35.5. The van der Waals surface area contributed by atoms with Crippen LogP contribution in [0.1, 0.15) is 16.1 Å². The van der Waals surface area contributed by atoms with Crippen molar-refractivity contribution in [1.82, 2.24) is 29.9 Å². The van der Waals surface area contributed by atoms with E-state index >= 15 is 0 Å². The van der Waals surface area contributed by atoms with Crippen LogP contribution in [0.25, 0.3) is 16.9 Å². The third kappa shape index (κ3) is 3.43. The van der Waals surface area contributed by atoms with Gasteiger partial charge in [-0.15, -0.1) is 0 Å². The lowest BCUT2D eigenvalue weighted by Gasteiger charge is -2.10. The molecule has 8 nitrogen and oxygen atoms in total. The molecule has 0 saturated carbocycles. The summed E-state index contributed by atoms with van der Waals surface area (Å²) >= 11 is 6.16. The first-order chi connectivity index (χ1) is 14.3. The lowest BCUT2D eigenvalue weighted by Crippen LogP contribution is -2.18. The first-order valence-electron chi connectivity index (χ1n) is 8.51. The summed E-state index contributed by atoms with van der Waals surface area (Å²) in [6.07, 6.45) is 0.782. The molecule has 3 N–H and O–H groups in total. The molecule has 0 unspecified atom stereocenters. The quantitative estimate of drug-likeness (QED) is 0.451. The topological polar surface area (TPSA) is 100 Å². The molecule has 4 rings (SSSR count). The Bertz CT molecular complexity index is 1250. The number of nitrogens with one attached hydrogen (secondary N) is 3. The van der Waals surface area contributed by atoms with Gasteiger partial charge in [-0.25, -0.2) is 9.97 Å². The molecule has 12 heteroatoms. The molecular weight excluding hydrogens is 423 g/mol. The first-order valence-corrected chi connectivity index (χ1v) is 8.89. The van der Waals surface area contributed by atoms with Crippen molar-refractivity contribution in [3.8, 4) is 11.3 Å². The normalized spacial score (nSPS) is 11.6. The molecule has 1 aromatic carbocycles. The van der Waals surface area contributed by atoms with E-state index in [1.807, 2.05) is 0 Å². The number of hydrogen-bond donors (Lipinski definition) is 3. The molecule has 0 fully saturated rings. The molecule has 30 heavy (non-hydrogen) atoms. The Balaban J connectivity index is 1.72. The minimum atomic E-state index is -4.61. The van der Waals surface area contributed by atoms with Crippen LogP contribution in [0.4, 0.5) is 24.7 Å². The lowest BCUT2D eigenvalue weighted by atomic mass is 10.2. The first kappa shape index (κ1) is 19.7. The zero-order valence-corrected chi connectivity index (χ0v) is 16.0. The molecule has 0 atom stereocenters. The number of H-pyrrole nitrogens is 1. The van der Waals surface area contributed by atoms with E-state index in [0.717, 1.165) is 6.20 Å². The highest BCUT2D eigenvalue weighted by Crippen LogP contribution is 2.36. The van der Waals surface area contributed by atoms with Crippen LogP contribution >= 0.6 is 11.6 Å². The molecule has 3 aromatic heterocycles. The van der Waals surface area contributed by atoms with Gasteiger partial charge in [-0.2, -0.15) is 18.3 Å². The van der Waals surface area contributed by atoms with Crippen LogP contribution in [-0.2, 0) is 6.18 Å². The van der Waals surface area contributed by atoms with Crippen LogP contribution in [0.3, 0.4) is 0 Å². The summed E-state index contributed by atoms with van der Waals surface area (Å²) in [6.45, 7) is 0. The fourth-order valence-electron chi connectivity index (χ4n) is 2.96. The van der Waals surface area contributed by atoms with Gasteiger partial charge in [-0.3, -0.25) is 14.3 Å². The second-order valence-corrected chi connectivity index (χ2v) is 6.56. The standard InChI is InChI=1S/C18H13ClF3N7O/c1-23-17(30)10-3-2-9(6-12(10)19)27-15-16-25-8-13(29(16)5-4-24-15)11-7-26-28-14(11)18(20,21)22/h2-8H,1H3,(H,23,30)(H,24,27)(H,26,28). The van der Waals surface area contributed by atoms with Crippen molar-refractivity contribution in [3.63, 3.8) is 0 Å². The van der Waals surface area contributed by atoms with Crippen LogP contribution in [0.15, 0.2) is 43.0 Å². The number of amides is 1. The molecule has 0 radical (unpaired) electrons. The lowest BCUT2D eigenvalue weighted by molar-refractivity contribution is -0.140. The second-order valence-electron chi connectivity index (χ2n) is 6.16. The van der Waals surface area contributed by atoms with Crippen LogP contribution in [0, 0.1) is 0 Å². The number of aromatic nitrogens is 5. The maximum absolute atomic E-state index is 13.2. The van der Waals surface area contributed by atoms with E-state index in [1.165, 1.54) is 30.0 Å². The number of fused-ring (bicyclic) bond motifs is 1. The Hall–Kier alpha value is -3.60. The summed E-state index contributed by atoms with van der Waals surface area (Å²) in [5.74, 6) is -0.0326. The Labute approximate surface area is 172 Å². The van der Waals surface area contributed by atoms with Gasteiger partial charge in [0.2, 0.25) is 0 Å². The van der Waals surface area contributed by atoms with Gasteiger partial charge in [-0.1, -0.05) is 11.6 Å². The predicted octanol–water partition coefficient (Wildman–Crippen LogP) is 3.89. The van der Waals surface area contributed by atoms with E-state index in [2.05, 4.69) is 30.8 Å². The number of alkyl halides is 3. The highest BCUT2D eigenvalue weighted by Gasteiger charge is 2.37. The van der Waals surface area contributed by atoms with E-state index in [4.69, 9.17) is 11.6 Å². The highest BCUT2D eigenvalue weighted by molar-refractivity contribution is 6.34. The number of anilines is 2. The van der Waals surface area contributed by atoms with Crippen molar-refractivity contribution >= 4 is 34.7 Å². The minimum Gasteiger partial charge on any atom is -0.355 e. The number of carbonyl (C=O) groups excluding carboxylic acids is 1. The molecule has 0 saturated heterocycles. The average Bonchev–Trinajstić information content (AvgIpc) is 3.34. The smallest absolute Gasteiger partial charge is 0.355 e. The number of hydrogen-bond acceptors (Lipinski definition) is 5. The van der Waals surface area contributed by atoms with Gasteiger partial charge in [0.1, 0.15) is 0 Å². The molecular formula is C18H13ClF3N7O. The molecule has 0 aliphatic carbocycles. The van der Waals surface area contributed by atoms with E-state index in [1.54, 1.807) is 18.2 Å². The van der Waals surface area contributed by atoms with E-state index in [0.29, 0.717) is 22.7 Å². The van der Waals surface area contributed by atoms with Crippen LogP contribution < -0.4 is 10.6 Å². The number of halogens is 4. The van der Waals surface area contributed by atoms with Gasteiger partial charge in [0.15, 0.2) is 17.2 Å². The summed E-state index contributed by atoms with van der Waals surface area (Å²) in [5, 5.41) is 11.3. The Morgan fingerprint density at radius 2 is 2.07 bits per heavy atom. The number of nitrogens with zero attached hydrogens (tertiary/aromatic N) is 4. The van der Waals surface area contributed by atoms with Crippen molar-refractivity contribution < 1.29 is 18.0 Å². The van der Waals surface area contributed by atoms with E-state index in [-0.39, 0.29) is 22.2 Å². The van der Waals surface area contributed by atoms with Crippen LogP contribution in [-0.4, -0.2) is 37.5 Å². The number of carbonyl (C=O) groups is 1. The molecule has 0 spiro atoms. The van der Waals surface area contributed by atoms with Crippen molar-refractivity contribution in [2.24, 2.45) is 0 Å². The van der Waals surface area contributed by atoms with E-state index in [9.17, 15) is 18.0 Å². The molecule has 0 aliphatic rings.